The molecule has 8 nitrogen and oxygen atoms in total. The first kappa shape index (κ1) is 26.0. The van der Waals surface area contributed by atoms with Gasteiger partial charge in [0.1, 0.15) is 21.8 Å². The smallest absolute Gasteiger partial charge is 0.303 e. The third kappa shape index (κ3) is 5.53. The number of rotatable bonds is 8. The molecule has 0 aliphatic carbocycles. The lowest BCUT2D eigenvalue weighted by molar-refractivity contribution is -0.137. The number of nitrogens with zero attached hydrogens (tertiary/aromatic N) is 4. The standard InChI is InChI=1S/C24H30N4O4S2/c1-15-8-7-10-27(14-15)21-17(16(2)18(13-25)22(31)26(21)3)12-19-23(32)28(24(33)34-19)11-6-4-5-9-20(29)30/h12,15H,4-11,14H2,1-3H3,(H,29,30)/b19-12+. The van der Waals surface area contributed by atoms with Gasteiger partial charge in [0.25, 0.3) is 11.5 Å². The van der Waals surface area contributed by atoms with Gasteiger partial charge in [-0.3, -0.25) is 23.9 Å². The topological polar surface area (TPSA) is 107 Å². The molecular weight excluding hydrogens is 472 g/mol. The maximum absolute atomic E-state index is 13.2. The van der Waals surface area contributed by atoms with Gasteiger partial charge in [-0.2, -0.15) is 5.26 Å². The number of carboxylic acids is 1. The van der Waals surface area contributed by atoms with E-state index in [0.717, 1.165) is 31.7 Å². The third-order valence-electron chi connectivity index (χ3n) is 6.35. The Morgan fingerprint density at radius 3 is 2.71 bits per heavy atom. The van der Waals surface area contributed by atoms with Gasteiger partial charge in [-0.15, -0.1) is 0 Å². The van der Waals surface area contributed by atoms with Gasteiger partial charge in [0.05, 0.1) is 4.91 Å². The molecule has 2 saturated heterocycles. The molecule has 2 aliphatic rings. The van der Waals surface area contributed by atoms with Crippen LogP contribution >= 0.6 is 24.0 Å². The first-order valence-electron chi connectivity index (χ1n) is 11.5. The van der Waals surface area contributed by atoms with E-state index in [-0.39, 0.29) is 23.5 Å². The molecule has 2 aliphatic heterocycles. The van der Waals surface area contributed by atoms with Gasteiger partial charge in [0.2, 0.25) is 0 Å². The molecule has 3 heterocycles. The summed E-state index contributed by atoms with van der Waals surface area (Å²) in [4.78, 5) is 40.9. The first-order valence-corrected chi connectivity index (χ1v) is 12.7. The van der Waals surface area contributed by atoms with Crippen LogP contribution in [0.2, 0.25) is 0 Å². The number of carbonyl (C=O) groups excluding carboxylic acids is 1. The summed E-state index contributed by atoms with van der Waals surface area (Å²) in [5.74, 6) is 0.189. The summed E-state index contributed by atoms with van der Waals surface area (Å²) in [5.41, 5.74) is 1.02. The molecule has 182 valence electrons. The summed E-state index contributed by atoms with van der Waals surface area (Å²) >= 11 is 6.67. The second-order valence-corrected chi connectivity index (χ2v) is 10.6. The highest BCUT2D eigenvalue weighted by Crippen LogP contribution is 2.36. The Hall–Kier alpha value is -2.64. The van der Waals surface area contributed by atoms with Crippen molar-refractivity contribution in [2.75, 3.05) is 24.5 Å². The van der Waals surface area contributed by atoms with E-state index >= 15 is 0 Å². The number of thiocarbonyl (C=S) groups is 1. The number of hydrogen-bond donors (Lipinski definition) is 1. The molecule has 1 aromatic heterocycles. The van der Waals surface area contributed by atoms with Crippen LogP contribution in [0, 0.1) is 24.2 Å². The van der Waals surface area contributed by atoms with E-state index in [9.17, 15) is 19.6 Å². The van der Waals surface area contributed by atoms with Gasteiger partial charge in [0, 0.05) is 38.7 Å². The van der Waals surface area contributed by atoms with E-state index in [1.807, 2.05) is 6.07 Å². The molecule has 1 atom stereocenters. The van der Waals surface area contributed by atoms with E-state index in [1.54, 1.807) is 24.9 Å². The van der Waals surface area contributed by atoms with E-state index in [1.165, 1.54) is 16.3 Å². The number of piperidine rings is 1. The molecule has 3 rings (SSSR count). The molecular formula is C24H30N4O4S2. The minimum absolute atomic E-state index is 0.0801. The molecule has 1 aromatic rings. The van der Waals surface area contributed by atoms with Crippen molar-refractivity contribution in [1.82, 2.24) is 9.47 Å². The highest BCUT2D eigenvalue weighted by Gasteiger charge is 2.33. The normalized spacial score (nSPS) is 19.7. The zero-order chi connectivity index (χ0) is 25.0. The minimum Gasteiger partial charge on any atom is -0.481 e. The quantitative estimate of drug-likeness (QED) is 0.326. The molecule has 10 heteroatoms. The molecule has 0 spiro atoms. The van der Waals surface area contributed by atoms with Crippen LogP contribution in [0.15, 0.2) is 9.70 Å². The molecule has 1 N–H and O–H groups in total. The Morgan fingerprint density at radius 2 is 2.06 bits per heavy atom. The second-order valence-electron chi connectivity index (χ2n) is 8.94. The maximum atomic E-state index is 13.2. The van der Waals surface area contributed by atoms with Crippen LogP contribution in [0.25, 0.3) is 6.08 Å². The number of anilines is 1. The highest BCUT2D eigenvalue weighted by molar-refractivity contribution is 8.26. The molecule has 1 unspecified atom stereocenters. The van der Waals surface area contributed by atoms with Crippen molar-refractivity contribution in [2.45, 2.75) is 52.4 Å². The number of nitriles is 1. The summed E-state index contributed by atoms with van der Waals surface area (Å²) in [6, 6.07) is 2.03. The number of carboxylic acid groups (broad SMARTS) is 1. The SMILES string of the molecule is Cc1c(/C=C2/SC(=S)N(CCCCCC(=O)O)C2=O)c(N2CCCC(C)C2)n(C)c(=O)c1C#N. The molecule has 0 saturated carbocycles. The number of pyridine rings is 1. The maximum Gasteiger partial charge on any atom is 0.303 e. The van der Waals surface area contributed by atoms with Gasteiger partial charge >= 0.3 is 5.97 Å². The van der Waals surface area contributed by atoms with Crippen molar-refractivity contribution in [3.8, 4) is 6.07 Å². The Kier molecular flexibility index (Phi) is 8.55. The lowest BCUT2D eigenvalue weighted by Gasteiger charge is -2.35. The molecule has 1 amide bonds. The minimum atomic E-state index is -0.822. The molecule has 0 radical (unpaired) electrons. The van der Waals surface area contributed by atoms with Crippen molar-refractivity contribution in [3.05, 3.63) is 31.9 Å². The number of aromatic nitrogens is 1. The number of hydrogen-bond acceptors (Lipinski definition) is 7. The number of carbonyl (C=O) groups is 2. The van der Waals surface area contributed by atoms with Crippen molar-refractivity contribution in [3.63, 3.8) is 0 Å². The van der Waals surface area contributed by atoms with Gasteiger partial charge in [-0.1, -0.05) is 37.3 Å². The second kappa shape index (κ2) is 11.2. The fourth-order valence-corrected chi connectivity index (χ4v) is 5.81. The molecule has 0 aromatic carbocycles. The zero-order valence-electron chi connectivity index (χ0n) is 19.8. The van der Waals surface area contributed by atoms with Crippen LogP contribution < -0.4 is 10.5 Å². The van der Waals surface area contributed by atoms with Crippen molar-refractivity contribution >= 4 is 52.1 Å². The van der Waals surface area contributed by atoms with Crippen molar-refractivity contribution < 1.29 is 14.7 Å². The van der Waals surface area contributed by atoms with Gasteiger partial charge in [-0.25, -0.2) is 0 Å². The third-order valence-corrected chi connectivity index (χ3v) is 7.72. The molecule has 2 fully saturated rings. The van der Waals surface area contributed by atoms with Crippen LogP contribution in [0.5, 0.6) is 0 Å². The van der Waals surface area contributed by atoms with Gasteiger partial charge in [-0.05, 0) is 50.2 Å². The van der Waals surface area contributed by atoms with Crippen LogP contribution in [-0.4, -0.2) is 50.4 Å². The predicted octanol–water partition coefficient (Wildman–Crippen LogP) is 3.65. The summed E-state index contributed by atoms with van der Waals surface area (Å²) in [7, 11) is 1.68. The van der Waals surface area contributed by atoms with E-state index in [0.29, 0.717) is 52.1 Å². The average molecular weight is 503 g/mol. The zero-order valence-corrected chi connectivity index (χ0v) is 21.4. The number of thioether (sulfide) groups is 1. The van der Waals surface area contributed by atoms with Crippen LogP contribution in [0.1, 0.15) is 62.1 Å². The monoisotopic (exact) mass is 502 g/mol. The number of amides is 1. The summed E-state index contributed by atoms with van der Waals surface area (Å²) in [6.07, 6.45) is 5.95. The van der Waals surface area contributed by atoms with E-state index in [4.69, 9.17) is 17.3 Å². The lowest BCUT2D eigenvalue weighted by atomic mass is 9.98. The fourth-order valence-electron chi connectivity index (χ4n) is 4.52. The van der Waals surface area contributed by atoms with Crippen LogP contribution in [0.4, 0.5) is 5.82 Å². The number of unbranched alkanes of at least 4 members (excludes halogenated alkanes) is 2. The fraction of sp³-hybridized carbons (Fsp3) is 0.542. The Morgan fingerprint density at radius 1 is 1.32 bits per heavy atom. The Labute approximate surface area is 209 Å². The first-order chi connectivity index (χ1) is 16.1. The summed E-state index contributed by atoms with van der Waals surface area (Å²) in [5, 5.41) is 18.4. The lowest BCUT2D eigenvalue weighted by Crippen LogP contribution is -2.39. The molecule has 34 heavy (non-hydrogen) atoms. The number of aliphatic carboxylic acids is 1. The average Bonchev–Trinajstić information content (AvgIpc) is 3.04. The molecule has 0 bridgehead atoms. The van der Waals surface area contributed by atoms with Gasteiger partial charge < -0.3 is 10.0 Å². The van der Waals surface area contributed by atoms with Crippen molar-refractivity contribution in [1.29, 1.82) is 5.26 Å². The predicted molar refractivity (Wildman–Crippen MR) is 138 cm³/mol. The largest absolute Gasteiger partial charge is 0.481 e. The van der Waals surface area contributed by atoms with Crippen LogP contribution in [-0.2, 0) is 16.6 Å². The summed E-state index contributed by atoms with van der Waals surface area (Å²) < 4.78 is 1.99. The van der Waals surface area contributed by atoms with E-state index in [2.05, 4.69) is 11.8 Å². The van der Waals surface area contributed by atoms with Gasteiger partial charge in [0.15, 0.2) is 0 Å². The highest BCUT2D eigenvalue weighted by atomic mass is 32.2. The van der Waals surface area contributed by atoms with Crippen LogP contribution in [0.3, 0.4) is 0 Å². The summed E-state index contributed by atoms with van der Waals surface area (Å²) in [6.45, 7) is 5.99. The van der Waals surface area contributed by atoms with Crippen molar-refractivity contribution in [2.24, 2.45) is 13.0 Å². The Balaban J connectivity index is 1.94. The van der Waals surface area contributed by atoms with E-state index < -0.39 is 5.97 Å². The Bertz CT molecular complexity index is 1140.